The topological polar surface area (TPSA) is 67.2 Å². The minimum atomic E-state index is -0.224. The van der Waals surface area contributed by atoms with Crippen molar-refractivity contribution in [3.63, 3.8) is 0 Å². The molecule has 2 aromatic carbocycles. The fourth-order valence-electron chi connectivity index (χ4n) is 4.08. The number of carbonyl (C=O) groups excluding carboxylic acids is 2. The van der Waals surface area contributed by atoms with E-state index in [1.54, 1.807) is 9.58 Å². The smallest absolute Gasteiger partial charge is 0.245 e. The van der Waals surface area contributed by atoms with Crippen molar-refractivity contribution in [1.82, 2.24) is 14.7 Å². The van der Waals surface area contributed by atoms with Gasteiger partial charge in [-0.2, -0.15) is 5.10 Å². The molecule has 0 spiro atoms. The molecular formula is C28H34N4O2. The summed E-state index contributed by atoms with van der Waals surface area (Å²) in [5, 5.41) is 7.83. The number of rotatable bonds is 7. The van der Waals surface area contributed by atoms with Gasteiger partial charge >= 0.3 is 0 Å². The van der Waals surface area contributed by atoms with Gasteiger partial charge in [-0.05, 0) is 43.0 Å². The lowest BCUT2D eigenvalue weighted by Gasteiger charge is -2.31. The van der Waals surface area contributed by atoms with E-state index in [4.69, 9.17) is 5.10 Å². The first-order valence-corrected chi connectivity index (χ1v) is 12.0. The Balaban J connectivity index is 1.57. The lowest BCUT2D eigenvalue weighted by molar-refractivity contribution is -0.141. The molecule has 1 aliphatic rings. The Morgan fingerprint density at radius 1 is 1.06 bits per heavy atom. The van der Waals surface area contributed by atoms with Gasteiger partial charge in [0.15, 0.2) is 0 Å². The molecule has 0 bridgehead atoms. The van der Waals surface area contributed by atoms with Crippen LogP contribution in [0.25, 0.3) is 5.69 Å². The van der Waals surface area contributed by atoms with Gasteiger partial charge in [-0.3, -0.25) is 9.59 Å². The summed E-state index contributed by atoms with van der Waals surface area (Å²) in [6, 6.07) is 19.8. The van der Waals surface area contributed by atoms with Crippen LogP contribution in [0, 0.1) is 12.8 Å². The normalized spacial score (nSPS) is 13.9. The number of amides is 2. The highest BCUT2D eigenvalue weighted by atomic mass is 16.2. The van der Waals surface area contributed by atoms with E-state index < -0.39 is 0 Å². The number of nitrogens with one attached hydrogen (secondary N) is 1. The summed E-state index contributed by atoms with van der Waals surface area (Å²) in [6.45, 7) is 8.76. The second-order valence-electron chi connectivity index (χ2n) is 10.3. The molecule has 3 aromatic rings. The number of benzene rings is 2. The van der Waals surface area contributed by atoms with E-state index in [9.17, 15) is 9.59 Å². The monoisotopic (exact) mass is 458 g/mol. The van der Waals surface area contributed by atoms with Gasteiger partial charge in [-0.15, -0.1) is 0 Å². The Labute approximate surface area is 202 Å². The van der Waals surface area contributed by atoms with Crippen molar-refractivity contribution in [2.45, 2.75) is 58.9 Å². The van der Waals surface area contributed by atoms with Crippen molar-refractivity contribution < 1.29 is 9.59 Å². The van der Waals surface area contributed by atoms with Crippen LogP contribution in [0.3, 0.4) is 0 Å². The van der Waals surface area contributed by atoms with Gasteiger partial charge in [0.2, 0.25) is 11.8 Å². The first kappa shape index (κ1) is 23.7. The molecule has 1 aliphatic carbocycles. The number of anilines is 1. The van der Waals surface area contributed by atoms with Crippen LogP contribution in [0.2, 0.25) is 0 Å². The summed E-state index contributed by atoms with van der Waals surface area (Å²) in [5.41, 5.74) is 3.73. The maximum atomic E-state index is 13.2. The van der Waals surface area contributed by atoms with E-state index in [1.165, 1.54) is 0 Å². The summed E-state index contributed by atoms with van der Waals surface area (Å²) in [7, 11) is 0. The molecule has 0 unspecified atom stereocenters. The first-order valence-electron chi connectivity index (χ1n) is 12.0. The molecular weight excluding hydrogens is 424 g/mol. The van der Waals surface area contributed by atoms with Crippen LogP contribution in [0.15, 0.2) is 60.7 Å². The Bertz CT molecular complexity index is 1160. The molecule has 6 heteroatoms. The molecule has 0 aliphatic heterocycles. The van der Waals surface area contributed by atoms with Gasteiger partial charge in [-0.1, -0.05) is 69.7 Å². The van der Waals surface area contributed by atoms with Crippen molar-refractivity contribution in [1.29, 1.82) is 0 Å². The van der Waals surface area contributed by atoms with E-state index in [-0.39, 0.29) is 29.7 Å². The Morgan fingerprint density at radius 2 is 1.79 bits per heavy atom. The fraction of sp³-hybridized carbons (Fsp3) is 0.393. The second kappa shape index (κ2) is 9.84. The molecule has 1 N–H and O–H groups in total. The Morgan fingerprint density at radius 3 is 2.41 bits per heavy atom. The quantitative estimate of drug-likeness (QED) is 0.526. The maximum Gasteiger partial charge on any atom is 0.245 e. The zero-order chi connectivity index (χ0) is 24.3. The Kier molecular flexibility index (Phi) is 6.87. The second-order valence-corrected chi connectivity index (χ2v) is 10.3. The molecule has 6 nitrogen and oxygen atoms in total. The van der Waals surface area contributed by atoms with Gasteiger partial charge < -0.3 is 10.2 Å². The third kappa shape index (κ3) is 5.56. The molecule has 1 saturated carbocycles. The zero-order valence-corrected chi connectivity index (χ0v) is 20.5. The summed E-state index contributed by atoms with van der Waals surface area (Å²) in [6.07, 6.45) is 2.88. The van der Waals surface area contributed by atoms with Crippen molar-refractivity contribution in [2.24, 2.45) is 5.92 Å². The number of hydrogen-bond donors (Lipinski definition) is 1. The van der Waals surface area contributed by atoms with E-state index >= 15 is 0 Å². The van der Waals surface area contributed by atoms with E-state index in [0.29, 0.717) is 12.4 Å². The molecule has 4 rings (SSSR count). The van der Waals surface area contributed by atoms with Crippen molar-refractivity contribution in [2.75, 3.05) is 11.9 Å². The number of hydrogen-bond acceptors (Lipinski definition) is 3. The summed E-state index contributed by atoms with van der Waals surface area (Å²) >= 11 is 0. The van der Waals surface area contributed by atoms with Gasteiger partial charge in [0.25, 0.3) is 0 Å². The summed E-state index contributed by atoms with van der Waals surface area (Å²) < 4.78 is 1.78. The SMILES string of the molecule is Cc1cccc(-n2nc(C(C)(C)C)cc2NC(=O)CN(Cc2ccccc2)C(=O)C2CCC2)c1. The molecule has 1 fully saturated rings. The van der Waals surface area contributed by atoms with E-state index in [1.807, 2.05) is 67.6 Å². The van der Waals surface area contributed by atoms with Crippen LogP contribution in [0.1, 0.15) is 56.9 Å². The maximum absolute atomic E-state index is 13.2. The third-order valence-electron chi connectivity index (χ3n) is 6.31. The molecule has 0 saturated heterocycles. The largest absolute Gasteiger partial charge is 0.329 e. The highest BCUT2D eigenvalue weighted by Gasteiger charge is 2.31. The highest BCUT2D eigenvalue weighted by molar-refractivity contribution is 5.94. The van der Waals surface area contributed by atoms with Gasteiger partial charge in [-0.25, -0.2) is 4.68 Å². The molecule has 0 radical (unpaired) electrons. The van der Waals surface area contributed by atoms with E-state index in [0.717, 1.165) is 41.8 Å². The predicted molar refractivity (Wildman–Crippen MR) is 135 cm³/mol. The van der Waals surface area contributed by atoms with Crippen LogP contribution in [0.5, 0.6) is 0 Å². The lowest BCUT2D eigenvalue weighted by Crippen LogP contribution is -2.42. The zero-order valence-electron chi connectivity index (χ0n) is 20.5. The number of nitrogens with zero attached hydrogens (tertiary/aromatic N) is 3. The number of aryl methyl sites for hydroxylation is 1. The van der Waals surface area contributed by atoms with Gasteiger partial charge in [0, 0.05) is 23.9 Å². The Hall–Kier alpha value is -3.41. The molecule has 0 atom stereocenters. The van der Waals surface area contributed by atoms with Gasteiger partial charge in [0.1, 0.15) is 12.4 Å². The molecule has 1 heterocycles. The molecule has 1 aromatic heterocycles. The minimum absolute atomic E-state index is 0.00801. The average Bonchev–Trinajstić information content (AvgIpc) is 3.17. The standard InChI is InChI=1S/C28H34N4O2/c1-20-10-8-15-23(16-20)32-25(17-24(30-32)28(2,3)4)29-26(33)19-31(27(34)22-13-9-14-22)18-21-11-6-5-7-12-21/h5-8,10-12,15-17,22H,9,13-14,18-19H2,1-4H3,(H,29,33). The van der Waals surface area contributed by atoms with Crippen LogP contribution in [-0.2, 0) is 21.5 Å². The third-order valence-corrected chi connectivity index (χ3v) is 6.31. The molecule has 178 valence electrons. The molecule has 34 heavy (non-hydrogen) atoms. The van der Waals surface area contributed by atoms with Crippen molar-refractivity contribution in [3.8, 4) is 5.69 Å². The summed E-state index contributed by atoms with van der Waals surface area (Å²) in [4.78, 5) is 28.0. The van der Waals surface area contributed by atoms with Crippen molar-refractivity contribution in [3.05, 3.63) is 77.5 Å². The predicted octanol–water partition coefficient (Wildman–Crippen LogP) is 5.25. The van der Waals surface area contributed by atoms with E-state index in [2.05, 4.69) is 26.1 Å². The van der Waals surface area contributed by atoms with Crippen LogP contribution in [0.4, 0.5) is 5.82 Å². The average molecular weight is 459 g/mol. The highest BCUT2D eigenvalue weighted by Crippen LogP contribution is 2.29. The van der Waals surface area contributed by atoms with Crippen LogP contribution in [-0.4, -0.2) is 33.0 Å². The molecule has 2 amide bonds. The summed E-state index contributed by atoms with van der Waals surface area (Å²) in [5.74, 6) is 0.476. The fourth-order valence-corrected chi connectivity index (χ4v) is 4.08. The van der Waals surface area contributed by atoms with Crippen LogP contribution < -0.4 is 5.32 Å². The number of carbonyl (C=O) groups is 2. The minimum Gasteiger partial charge on any atom is -0.329 e. The van der Waals surface area contributed by atoms with Crippen molar-refractivity contribution >= 4 is 17.6 Å². The van der Waals surface area contributed by atoms with Crippen LogP contribution >= 0.6 is 0 Å². The first-order chi connectivity index (χ1) is 16.2. The lowest BCUT2D eigenvalue weighted by atomic mass is 9.84. The number of aromatic nitrogens is 2. The van der Waals surface area contributed by atoms with Gasteiger partial charge in [0.05, 0.1) is 11.4 Å².